The van der Waals surface area contributed by atoms with Crippen molar-refractivity contribution in [3.05, 3.63) is 51.2 Å². The molecule has 1 aromatic carbocycles. The number of pyridine rings is 1. The van der Waals surface area contributed by atoms with Crippen molar-refractivity contribution >= 4 is 45.4 Å². The highest BCUT2D eigenvalue weighted by Gasteiger charge is 2.15. The Bertz CT molecular complexity index is 800. The molecule has 0 atom stereocenters. The van der Waals surface area contributed by atoms with Gasteiger partial charge in [0.2, 0.25) is 0 Å². The average Bonchev–Trinajstić information content (AvgIpc) is 2.76. The summed E-state index contributed by atoms with van der Waals surface area (Å²) in [4.78, 5) is 8.94. The fourth-order valence-corrected chi connectivity index (χ4v) is 3.02. The van der Waals surface area contributed by atoms with Crippen LogP contribution < -0.4 is 0 Å². The fourth-order valence-electron chi connectivity index (χ4n) is 2.12. The van der Waals surface area contributed by atoms with Gasteiger partial charge in [0.05, 0.1) is 11.6 Å². The Balaban J connectivity index is 2.34. The van der Waals surface area contributed by atoms with Crippen LogP contribution in [-0.4, -0.2) is 14.5 Å². The quantitative estimate of drug-likeness (QED) is 0.476. The first-order valence-corrected chi connectivity index (χ1v) is 7.57. The second kappa shape index (κ2) is 5.29. The maximum absolute atomic E-state index is 13.3. The third-order valence-electron chi connectivity index (χ3n) is 2.97. The molecule has 0 aliphatic rings. The predicted molar refractivity (Wildman–Crippen MR) is 85.8 cm³/mol. The molecule has 0 amide bonds. The Morgan fingerprint density at radius 3 is 2.85 bits per heavy atom. The van der Waals surface area contributed by atoms with E-state index in [4.69, 9.17) is 11.6 Å². The lowest BCUT2D eigenvalue weighted by Gasteiger charge is -2.09. The first kappa shape index (κ1) is 13.8. The molecule has 102 valence electrons. The van der Waals surface area contributed by atoms with Gasteiger partial charge < -0.3 is 0 Å². The van der Waals surface area contributed by atoms with Gasteiger partial charge in [0, 0.05) is 9.77 Å². The number of alkyl halides is 1. The topological polar surface area (TPSA) is 30.7 Å². The first-order valence-electron chi connectivity index (χ1n) is 5.95. The van der Waals surface area contributed by atoms with Gasteiger partial charge in [-0.15, -0.1) is 11.6 Å². The summed E-state index contributed by atoms with van der Waals surface area (Å²) in [6.07, 6.45) is 1.79. The standard InChI is InChI=1S/C14H10ClFIN3/c1-8-4-11-14(18-7-8)20(13(6-15)19-11)12-3-2-9(16)5-10(12)17/h2-5,7H,6H2,1H3. The van der Waals surface area contributed by atoms with Crippen LogP contribution in [0.5, 0.6) is 0 Å². The summed E-state index contributed by atoms with van der Waals surface area (Å²) in [7, 11) is 0. The maximum Gasteiger partial charge on any atom is 0.164 e. The van der Waals surface area contributed by atoms with E-state index in [2.05, 4.69) is 32.6 Å². The fraction of sp³-hybridized carbons (Fsp3) is 0.143. The van der Waals surface area contributed by atoms with E-state index in [0.717, 1.165) is 26.0 Å². The van der Waals surface area contributed by atoms with Gasteiger partial charge in [-0.3, -0.25) is 4.57 Å². The summed E-state index contributed by atoms with van der Waals surface area (Å²) >= 11 is 8.09. The van der Waals surface area contributed by atoms with E-state index in [1.807, 2.05) is 17.6 Å². The molecule has 2 heterocycles. The van der Waals surface area contributed by atoms with E-state index < -0.39 is 0 Å². The van der Waals surface area contributed by atoms with E-state index in [1.165, 1.54) is 12.1 Å². The van der Waals surface area contributed by atoms with Crippen molar-refractivity contribution in [2.45, 2.75) is 12.8 Å². The third kappa shape index (κ3) is 2.29. The van der Waals surface area contributed by atoms with Gasteiger partial charge in [-0.1, -0.05) is 0 Å². The second-order valence-electron chi connectivity index (χ2n) is 4.45. The zero-order valence-electron chi connectivity index (χ0n) is 10.6. The molecule has 0 aliphatic carbocycles. The van der Waals surface area contributed by atoms with E-state index in [9.17, 15) is 4.39 Å². The number of halogens is 3. The van der Waals surface area contributed by atoms with E-state index in [-0.39, 0.29) is 11.7 Å². The van der Waals surface area contributed by atoms with Gasteiger partial charge in [0.15, 0.2) is 5.65 Å². The largest absolute Gasteiger partial charge is 0.279 e. The summed E-state index contributed by atoms with van der Waals surface area (Å²) in [6, 6.07) is 6.59. The van der Waals surface area contributed by atoms with Crippen LogP contribution in [0.3, 0.4) is 0 Å². The molecule has 0 aliphatic heterocycles. The molecular weight excluding hydrogens is 392 g/mol. The summed E-state index contributed by atoms with van der Waals surface area (Å²) in [5, 5.41) is 0. The second-order valence-corrected chi connectivity index (χ2v) is 5.88. The normalized spacial score (nSPS) is 11.2. The molecule has 6 heteroatoms. The van der Waals surface area contributed by atoms with Crippen molar-refractivity contribution in [1.29, 1.82) is 0 Å². The van der Waals surface area contributed by atoms with Crippen LogP contribution in [0, 0.1) is 16.3 Å². The Labute approximate surface area is 133 Å². The van der Waals surface area contributed by atoms with Gasteiger partial charge in [-0.2, -0.15) is 0 Å². The van der Waals surface area contributed by atoms with Crippen molar-refractivity contribution in [2.75, 3.05) is 0 Å². The van der Waals surface area contributed by atoms with Crippen LogP contribution in [0.2, 0.25) is 0 Å². The maximum atomic E-state index is 13.3. The molecule has 0 saturated heterocycles. The Morgan fingerprint density at radius 2 is 2.15 bits per heavy atom. The van der Waals surface area contributed by atoms with Crippen LogP contribution in [0.15, 0.2) is 30.5 Å². The lowest BCUT2D eigenvalue weighted by molar-refractivity contribution is 0.626. The van der Waals surface area contributed by atoms with Gasteiger partial charge in [-0.25, -0.2) is 14.4 Å². The molecule has 0 fully saturated rings. The predicted octanol–water partition coefficient (Wildman–Crippen LogP) is 4.21. The molecule has 20 heavy (non-hydrogen) atoms. The van der Waals surface area contributed by atoms with Crippen molar-refractivity contribution in [1.82, 2.24) is 14.5 Å². The summed E-state index contributed by atoms with van der Waals surface area (Å²) in [5.74, 6) is 0.700. The minimum atomic E-state index is -0.265. The molecule has 0 bridgehead atoms. The molecule has 0 radical (unpaired) electrons. The smallest absolute Gasteiger partial charge is 0.164 e. The minimum Gasteiger partial charge on any atom is -0.279 e. The van der Waals surface area contributed by atoms with E-state index >= 15 is 0 Å². The van der Waals surface area contributed by atoms with Gasteiger partial charge >= 0.3 is 0 Å². The molecule has 3 aromatic rings. The molecule has 2 aromatic heterocycles. The minimum absolute atomic E-state index is 0.265. The lowest BCUT2D eigenvalue weighted by Crippen LogP contribution is -2.03. The molecule has 3 rings (SSSR count). The van der Waals surface area contributed by atoms with E-state index in [1.54, 1.807) is 12.3 Å². The molecule has 0 spiro atoms. The van der Waals surface area contributed by atoms with Crippen LogP contribution in [0.1, 0.15) is 11.4 Å². The molecule has 0 N–H and O–H groups in total. The zero-order valence-corrected chi connectivity index (χ0v) is 13.5. The number of rotatable bonds is 2. The SMILES string of the molecule is Cc1cnc2c(c1)nc(CCl)n2-c1ccc(F)cc1I. The third-order valence-corrected chi connectivity index (χ3v) is 4.08. The van der Waals surface area contributed by atoms with Crippen LogP contribution in [0.25, 0.3) is 16.9 Å². The molecule has 0 saturated carbocycles. The summed E-state index contributed by atoms with van der Waals surface area (Å²) in [6.45, 7) is 1.97. The molecule has 0 unspecified atom stereocenters. The Hall–Kier alpha value is -1.21. The first-order chi connectivity index (χ1) is 9.60. The number of aryl methyl sites for hydroxylation is 1. The highest BCUT2D eigenvalue weighted by atomic mass is 127. The number of hydrogen-bond acceptors (Lipinski definition) is 2. The van der Waals surface area contributed by atoms with Crippen LogP contribution in [0.4, 0.5) is 4.39 Å². The number of benzene rings is 1. The summed E-state index contributed by atoms with van der Waals surface area (Å²) in [5.41, 5.74) is 3.40. The van der Waals surface area contributed by atoms with Crippen molar-refractivity contribution < 1.29 is 4.39 Å². The van der Waals surface area contributed by atoms with E-state index in [0.29, 0.717) is 5.82 Å². The average molecular weight is 402 g/mol. The van der Waals surface area contributed by atoms with Gasteiger partial charge in [-0.05, 0) is 59.3 Å². The number of imidazole rings is 1. The number of nitrogens with zero attached hydrogens (tertiary/aromatic N) is 3. The van der Waals surface area contributed by atoms with Crippen molar-refractivity contribution in [2.24, 2.45) is 0 Å². The van der Waals surface area contributed by atoms with Crippen molar-refractivity contribution in [3.63, 3.8) is 0 Å². The number of fused-ring (bicyclic) bond motifs is 1. The molecular formula is C14H10ClFIN3. The Morgan fingerprint density at radius 1 is 1.35 bits per heavy atom. The number of hydrogen-bond donors (Lipinski definition) is 0. The molecule has 3 nitrogen and oxygen atoms in total. The summed E-state index contributed by atoms with van der Waals surface area (Å²) < 4.78 is 15.9. The number of aromatic nitrogens is 3. The lowest BCUT2D eigenvalue weighted by atomic mass is 10.3. The zero-order chi connectivity index (χ0) is 14.3. The van der Waals surface area contributed by atoms with Crippen LogP contribution >= 0.6 is 34.2 Å². The van der Waals surface area contributed by atoms with Gasteiger partial charge in [0.25, 0.3) is 0 Å². The monoisotopic (exact) mass is 401 g/mol. The van der Waals surface area contributed by atoms with Gasteiger partial charge in [0.1, 0.15) is 17.2 Å². The van der Waals surface area contributed by atoms with Crippen LogP contribution in [-0.2, 0) is 5.88 Å². The van der Waals surface area contributed by atoms with Crippen molar-refractivity contribution in [3.8, 4) is 5.69 Å². The highest BCUT2D eigenvalue weighted by molar-refractivity contribution is 14.1. The highest BCUT2D eigenvalue weighted by Crippen LogP contribution is 2.25. The Kier molecular flexibility index (Phi) is 3.64.